The number of carboxylic acid groups (broad SMARTS) is 1. The molecule has 0 bridgehead atoms. The first-order chi connectivity index (χ1) is 23.3. The molecule has 10 nitrogen and oxygen atoms in total. The van der Waals surface area contributed by atoms with E-state index in [9.17, 15) is 32.7 Å². The SMILES string of the molecule is CC(=O)N1[C@H](Cc2ccccc2)C(=O)NC1(c1ccccc1)c1ccc(C[C@H](NC(=O)C2(CCCCS(C)(=O)=O)CCCC2)C(=O)O)cc1. The van der Waals surface area contributed by atoms with E-state index in [0.717, 1.165) is 18.4 Å². The van der Waals surface area contributed by atoms with Gasteiger partial charge in [0.05, 0.1) is 0 Å². The van der Waals surface area contributed by atoms with E-state index in [0.29, 0.717) is 55.2 Å². The molecule has 0 radical (unpaired) electrons. The normalized spacial score (nSPS) is 20.8. The zero-order chi connectivity index (χ0) is 35.2. The van der Waals surface area contributed by atoms with Gasteiger partial charge in [-0.25, -0.2) is 13.2 Å². The maximum Gasteiger partial charge on any atom is 0.326 e. The molecule has 2 fully saturated rings. The predicted octanol–water partition coefficient (Wildman–Crippen LogP) is 4.36. The van der Waals surface area contributed by atoms with Crippen molar-refractivity contribution < 1.29 is 32.7 Å². The Hall–Kier alpha value is -4.51. The minimum atomic E-state index is -3.10. The molecule has 3 atom stereocenters. The second-order valence-corrected chi connectivity index (χ2v) is 15.8. The number of nitrogens with one attached hydrogen (secondary N) is 2. The molecule has 0 spiro atoms. The number of hydrogen-bond donors (Lipinski definition) is 3. The van der Waals surface area contributed by atoms with E-state index in [1.54, 1.807) is 29.2 Å². The molecular formula is C38H45N3O7S. The van der Waals surface area contributed by atoms with Crippen molar-refractivity contribution in [3.05, 3.63) is 107 Å². The Labute approximate surface area is 288 Å². The fourth-order valence-corrected chi connectivity index (χ4v) is 8.25. The van der Waals surface area contributed by atoms with Crippen LogP contribution >= 0.6 is 0 Å². The van der Waals surface area contributed by atoms with E-state index in [1.807, 2.05) is 60.7 Å². The number of nitrogens with zero attached hydrogens (tertiary/aromatic N) is 1. The number of carbonyl (C=O) groups is 4. The average Bonchev–Trinajstić information content (AvgIpc) is 3.67. The number of benzene rings is 3. The van der Waals surface area contributed by atoms with Gasteiger partial charge in [-0.2, -0.15) is 0 Å². The molecule has 0 aromatic heterocycles. The number of amides is 3. The first-order valence-electron chi connectivity index (χ1n) is 16.9. The molecule has 1 heterocycles. The third-order valence-electron chi connectivity index (χ3n) is 9.96. The van der Waals surface area contributed by atoms with Gasteiger partial charge in [0.25, 0.3) is 0 Å². The van der Waals surface area contributed by atoms with Crippen LogP contribution in [0, 0.1) is 5.41 Å². The van der Waals surface area contributed by atoms with Gasteiger partial charge >= 0.3 is 5.97 Å². The van der Waals surface area contributed by atoms with Crippen LogP contribution in [0.5, 0.6) is 0 Å². The molecule has 3 aromatic rings. The molecular weight excluding hydrogens is 642 g/mol. The van der Waals surface area contributed by atoms with Gasteiger partial charge in [-0.3, -0.25) is 19.3 Å². The molecule has 1 saturated carbocycles. The molecule has 49 heavy (non-hydrogen) atoms. The van der Waals surface area contributed by atoms with E-state index in [1.165, 1.54) is 13.2 Å². The smallest absolute Gasteiger partial charge is 0.326 e. The van der Waals surface area contributed by atoms with Crippen molar-refractivity contribution in [1.82, 2.24) is 15.5 Å². The van der Waals surface area contributed by atoms with Crippen molar-refractivity contribution in [2.45, 2.75) is 82.5 Å². The monoisotopic (exact) mass is 687 g/mol. The number of hydrogen-bond acceptors (Lipinski definition) is 6. The summed E-state index contributed by atoms with van der Waals surface area (Å²) in [7, 11) is -3.10. The summed E-state index contributed by atoms with van der Waals surface area (Å²) in [6, 6.07) is 24.0. The maximum atomic E-state index is 13.7. The minimum Gasteiger partial charge on any atom is -0.480 e. The van der Waals surface area contributed by atoms with E-state index in [4.69, 9.17) is 0 Å². The summed E-state index contributed by atoms with van der Waals surface area (Å²) in [5.41, 5.74) is 0.919. The second kappa shape index (κ2) is 14.9. The topological polar surface area (TPSA) is 150 Å². The summed E-state index contributed by atoms with van der Waals surface area (Å²) in [6.07, 6.45) is 6.12. The zero-order valence-corrected chi connectivity index (χ0v) is 28.9. The zero-order valence-electron chi connectivity index (χ0n) is 28.1. The van der Waals surface area contributed by atoms with Crippen molar-refractivity contribution in [2.75, 3.05) is 12.0 Å². The summed E-state index contributed by atoms with van der Waals surface area (Å²) in [5, 5.41) is 16.1. The Bertz CT molecular complexity index is 1760. The van der Waals surface area contributed by atoms with Crippen molar-refractivity contribution in [2.24, 2.45) is 5.41 Å². The summed E-state index contributed by atoms with van der Waals surface area (Å²) in [5.74, 6) is -1.95. The van der Waals surface area contributed by atoms with Crippen LogP contribution in [0.15, 0.2) is 84.9 Å². The van der Waals surface area contributed by atoms with Gasteiger partial charge in [-0.15, -0.1) is 0 Å². The quantitative estimate of drug-likeness (QED) is 0.213. The molecule has 11 heteroatoms. The lowest BCUT2D eigenvalue weighted by Crippen LogP contribution is -2.53. The fraction of sp³-hybridized carbons (Fsp3) is 0.421. The van der Waals surface area contributed by atoms with Crippen LogP contribution in [0.25, 0.3) is 0 Å². The van der Waals surface area contributed by atoms with Gasteiger partial charge in [0.15, 0.2) is 5.66 Å². The Balaban J connectivity index is 1.38. The van der Waals surface area contributed by atoms with Gasteiger partial charge in [-0.05, 0) is 36.8 Å². The third-order valence-corrected chi connectivity index (χ3v) is 11.0. The van der Waals surface area contributed by atoms with Crippen molar-refractivity contribution in [1.29, 1.82) is 0 Å². The second-order valence-electron chi connectivity index (χ2n) is 13.5. The van der Waals surface area contributed by atoms with Crippen LogP contribution in [-0.2, 0) is 47.5 Å². The van der Waals surface area contributed by atoms with Gasteiger partial charge in [0, 0.05) is 48.3 Å². The lowest BCUT2D eigenvalue weighted by atomic mass is 9.80. The van der Waals surface area contributed by atoms with E-state index in [-0.39, 0.29) is 29.9 Å². The molecule has 1 aliphatic heterocycles. The maximum absolute atomic E-state index is 13.7. The molecule has 1 unspecified atom stereocenters. The molecule has 2 aliphatic rings. The lowest BCUT2D eigenvalue weighted by molar-refractivity contribution is -0.144. The van der Waals surface area contributed by atoms with Crippen LogP contribution in [0.2, 0.25) is 0 Å². The fourth-order valence-electron chi connectivity index (χ4n) is 7.52. The van der Waals surface area contributed by atoms with Crippen molar-refractivity contribution in [3.8, 4) is 0 Å². The van der Waals surface area contributed by atoms with E-state index >= 15 is 0 Å². The molecule has 260 valence electrons. The van der Waals surface area contributed by atoms with Crippen LogP contribution in [-0.4, -0.2) is 66.2 Å². The Morgan fingerprint density at radius 3 is 2.06 bits per heavy atom. The van der Waals surface area contributed by atoms with E-state index < -0.39 is 39.0 Å². The summed E-state index contributed by atoms with van der Waals surface area (Å²) < 4.78 is 23.2. The van der Waals surface area contributed by atoms with Crippen LogP contribution in [0.4, 0.5) is 0 Å². The number of sulfone groups is 1. The van der Waals surface area contributed by atoms with Crippen LogP contribution in [0.3, 0.4) is 0 Å². The van der Waals surface area contributed by atoms with Gasteiger partial charge in [0.1, 0.15) is 21.9 Å². The number of carboxylic acids is 1. The predicted molar refractivity (Wildman–Crippen MR) is 186 cm³/mol. The minimum absolute atomic E-state index is 0.0310. The molecule has 1 aliphatic carbocycles. The number of unbranched alkanes of at least 4 members (excludes halogenated alkanes) is 1. The highest BCUT2D eigenvalue weighted by Gasteiger charge is 2.54. The van der Waals surface area contributed by atoms with E-state index in [2.05, 4.69) is 10.6 Å². The van der Waals surface area contributed by atoms with Crippen molar-refractivity contribution in [3.63, 3.8) is 0 Å². The Morgan fingerprint density at radius 2 is 1.49 bits per heavy atom. The van der Waals surface area contributed by atoms with Crippen LogP contribution in [0.1, 0.15) is 74.1 Å². The molecule has 5 rings (SSSR count). The van der Waals surface area contributed by atoms with Gasteiger partial charge in [-0.1, -0.05) is 104 Å². The standard InChI is InChI=1S/C38H45N3O7S/c1-27(42)41-33(26-28-13-5-3-6-14-28)34(43)40-38(41,30-15-7-4-8-16-30)31-19-17-29(18-20-31)25-32(35(44)45)39-36(46)37(21-9-10-22-37)23-11-12-24-49(2,47)48/h3-8,13-20,32-33H,9-12,21-26H2,1-2H3,(H,39,46)(H,40,43)(H,44,45)/t32-,33+,38?/m0/s1. The average molecular weight is 688 g/mol. The first kappa shape index (κ1) is 35.8. The Kier molecular flexibility index (Phi) is 10.9. The van der Waals surface area contributed by atoms with Gasteiger partial charge < -0.3 is 15.7 Å². The first-order valence-corrected chi connectivity index (χ1v) is 18.9. The third kappa shape index (κ3) is 8.04. The molecule has 3 amide bonds. The molecule has 3 aromatic carbocycles. The highest BCUT2D eigenvalue weighted by molar-refractivity contribution is 7.90. The largest absolute Gasteiger partial charge is 0.480 e. The van der Waals surface area contributed by atoms with Gasteiger partial charge in [0.2, 0.25) is 17.7 Å². The molecule has 1 saturated heterocycles. The number of carbonyl (C=O) groups excluding carboxylic acids is 3. The van der Waals surface area contributed by atoms with Crippen LogP contribution < -0.4 is 10.6 Å². The lowest BCUT2D eigenvalue weighted by Gasteiger charge is -2.40. The number of aliphatic carboxylic acids is 1. The summed E-state index contributed by atoms with van der Waals surface area (Å²) in [4.78, 5) is 54.7. The number of rotatable bonds is 14. The summed E-state index contributed by atoms with van der Waals surface area (Å²) in [6.45, 7) is 1.45. The highest BCUT2D eigenvalue weighted by atomic mass is 32.2. The molecule has 3 N–H and O–H groups in total. The summed E-state index contributed by atoms with van der Waals surface area (Å²) >= 11 is 0. The van der Waals surface area contributed by atoms with Crippen molar-refractivity contribution >= 4 is 33.5 Å². The highest BCUT2D eigenvalue weighted by Crippen LogP contribution is 2.43. The Morgan fingerprint density at radius 1 is 0.898 bits per heavy atom.